The number of anilines is 1. The summed E-state index contributed by atoms with van der Waals surface area (Å²) in [6.07, 6.45) is 2.26. The third kappa shape index (κ3) is 4.41. The van der Waals surface area contributed by atoms with Gasteiger partial charge in [0.1, 0.15) is 6.04 Å². The SMILES string of the molecule is O=C(Nc1ccccc1)[C@H](CC1CCCC1)n1cnc(C(F)(F)F)c1. The predicted octanol–water partition coefficient (Wildman–Crippen LogP) is 4.66. The number of nitrogens with one attached hydrogen (secondary N) is 1. The maximum atomic E-state index is 12.8. The number of carbonyl (C=O) groups excluding carboxylic acids is 1. The molecule has 1 aromatic heterocycles. The lowest BCUT2D eigenvalue weighted by molar-refractivity contribution is -0.141. The number of alkyl halides is 3. The van der Waals surface area contributed by atoms with Crippen LogP contribution in [0.4, 0.5) is 18.9 Å². The monoisotopic (exact) mass is 351 g/mol. The first-order valence-corrected chi connectivity index (χ1v) is 8.40. The normalized spacial score (nSPS) is 16.8. The highest BCUT2D eigenvalue weighted by molar-refractivity contribution is 5.93. The fraction of sp³-hybridized carbons (Fsp3) is 0.444. The second-order valence-corrected chi connectivity index (χ2v) is 6.46. The van der Waals surface area contributed by atoms with Gasteiger partial charge in [0.2, 0.25) is 5.91 Å². The molecule has 25 heavy (non-hydrogen) atoms. The summed E-state index contributed by atoms with van der Waals surface area (Å²) >= 11 is 0. The molecule has 0 bridgehead atoms. The van der Waals surface area contributed by atoms with Crippen molar-refractivity contribution in [2.24, 2.45) is 5.92 Å². The van der Waals surface area contributed by atoms with Gasteiger partial charge in [-0.2, -0.15) is 13.2 Å². The molecule has 1 N–H and O–H groups in total. The largest absolute Gasteiger partial charge is 0.434 e. The zero-order valence-corrected chi connectivity index (χ0v) is 13.7. The summed E-state index contributed by atoms with van der Waals surface area (Å²) in [5, 5.41) is 2.79. The molecule has 0 aliphatic heterocycles. The van der Waals surface area contributed by atoms with Gasteiger partial charge in [-0.3, -0.25) is 4.79 Å². The summed E-state index contributed by atoms with van der Waals surface area (Å²) in [5.41, 5.74) is -0.350. The molecular weight excluding hydrogens is 331 g/mol. The summed E-state index contributed by atoms with van der Waals surface area (Å²) < 4.78 is 39.8. The second kappa shape index (κ2) is 7.29. The van der Waals surface area contributed by atoms with Crippen LogP contribution in [-0.4, -0.2) is 15.5 Å². The van der Waals surface area contributed by atoms with Crippen molar-refractivity contribution >= 4 is 11.6 Å². The highest BCUT2D eigenvalue weighted by Crippen LogP contribution is 2.34. The van der Waals surface area contributed by atoms with Gasteiger partial charge in [-0.25, -0.2) is 4.98 Å². The molecular formula is C18H20F3N3O. The van der Waals surface area contributed by atoms with Gasteiger partial charge in [0.15, 0.2) is 5.69 Å². The minimum Gasteiger partial charge on any atom is -0.324 e. The molecule has 0 unspecified atom stereocenters. The molecule has 0 spiro atoms. The number of halogens is 3. The summed E-state index contributed by atoms with van der Waals surface area (Å²) in [4.78, 5) is 16.1. The second-order valence-electron chi connectivity index (χ2n) is 6.46. The van der Waals surface area contributed by atoms with Crippen molar-refractivity contribution in [3.63, 3.8) is 0 Å². The van der Waals surface area contributed by atoms with Crippen LogP contribution in [0.25, 0.3) is 0 Å². The fourth-order valence-corrected chi connectivity index (χ4v) is 3.33. The van der Waals surface area contributed by atoms with E-state index in [0.29, 0.717) is 18.0 Å². The topological polar surface area (TPSA) is 46.9 Å². The summed E-state index contributed by atoms with van der Waals surface area (Å²) in [5.74, 6) is 0.0347. The van der Waals surface area contributed by atoms with Crippen molar-refractivity contribution in [3.8, 4) is 0 Å². The van der Waals surface area contributed by atoms with E-state index in [2.05, 4.69) is 10.3 Å². The van der Waals surface area contributed by atoms with Crippen LogP contribution in [0.5, 0.6) is 0 Å². The quantitative estimate of drug-likeness (QED) is 0.851. The van der Waals surface area contributed by atoms with Gasteiger partial charge in [-0.1, -0.05) is 43.9 Å². The Hall–Kier alpha value is -2.31. The molecule has 3 rings (SSSR count). The molecule has 1 fully saturated rings. The summed E-state index contributed by atoms with van der Waals surface area (Å²) in [6, 6.07) is 8.21. The lowest BCUT2D eigenvalue weighted by Gasteiger charge is -2.21. The van der Waals surface area contributed by atoms with E-state index in [-0.39, 0.29) is 5.91 Å². The number of hydrogen-bond acceptors (Lipinski definition) is 2. The number of nitrogens with zero attached hydrogens (tertiary/aromatic N) is 2. The van der Waals surface area contributed by atoms with Crippen molar-refractivity contribution in [1.82, 2.24) is 9.55 Å². The number of hydrogen-bond donors (Lipinski definition) is 1. The van der Waals surface area contributed by atoms with Crippen LogP contribution < -0.4 is 5.32 Å². The number of amides is 1. The lowest BCUT2D eigenvalue weighted by atomic mass is 9.97. The van der Waals surface area contributed by atoms with Gasteiger partial charge in [-0.05, 0) is 24.5 Å². The third-order valence-electron chi connectivity index (χ3n) is 4.63. The van der Waals surface area contributed by atoms with Gasteiger partial charge in [0.25, 0.3) is 0 Å². The van der Waals surface area contributed by atoms with E-state index in [4.69, 9.17) is 0 Å². The van der Waals surface area contributed by atoms with Crippen LogP contribution in [0, 0.1) is 5.92 Å². The Bertz CT molecular complexity index is 706. The van der Waals surface area contributed by atoms with E-state index < -0.39 is 17.9 Å². The van der Waals surface area contributed by atoms with E-state index in [1.54, 1.807) is 24.3 Å². The minimum absolute atomic E-state index is 0.316. The average molecular weight is 351 g/mol. The molecule has 1 atom stereocenters. The molecule has 4 nitrogen and oxygen atoms in total. The zero-order valence-electron chi connectivity index (χ0n) is 13.7. The highest BCUT2D eigenvalue weighted by atomic mass is 19.4. The molecule has 134 valence electrons. The van der Waals surface area contributed by atoms with Crippen molar-refractivity contribution in [2.45, 2.75) is 44.3 Å². The Morgan fingerprint density at radius 2 is 1.92 bits per heavy atom. The third-order valence-corrected chi connectivity index (χ3v) is 4.63. The molecule has 7 heteroatoms. The first-order valence-electron chi connectivity index (χ1n) is 8.40. The van der Waals surface area contributed by atoms with Gasteiger partial charge >= 0.3 is 6.18 Å². The number of carbonyl (C=O) groups is 1. The van der Waals surface area contributed by atoms with E-state index >= 15 is 0 Å². The molecule has 0 saturated heterocycles. The fourth-order valence-electron chi connectivity index (χ4n) is 3.33. The average Bonchev–Trinajstić information content (AvgIpc) is 3.24. The van der Waals surface area contributed by atoms with E-state index in [9.17, 15) is 18.0 Å². The molecule has 1 amide bonds. The maximum absolute atomic E-state index is 12.8. The number of rotatable bonds is 5. The Morgan fingerprint density at radius 3 is 2.52 bits per heavy atom. The first kappa shape index (κ1) is 17.5. The van der Waals surface area contributed by atoms with E-state index in [1.807, 2.05) is 6.07 Å². The summed E-state index contributed by atoms with van der Waals surface area (Å²) in [7, 11) is 0. The van der Waals surface area contributed by atoms with Crippen molar-refractivity contribution in [1.29, 1.82) is 0 Å². The number of benzene rings is 1. The van der Waals surface area contributed by atoms with Crippen LogP contribution in [0.1, 0.15) is 43.8 Å². The van der Waals surface area contributed by atoms with Crippen LogP contribution in [0.3, 0.4) is 0 Å². The molecule has 1 aromatic carbocycles. The molecule has 1 saturated carbocycles. The maximum Gasteiger partial charge on any atom is 0.434 e. The lowest BCUT2D eigenvalue weighted by Crippen LogP contribution is -2.27. The van der Waals surface area contributed by atoms with Crippen molar-refractivity contribution in [2.75, 3.05) is 5.32 Å². The number of para-hydroxylation sites is 1. The molecule has 2 aromatic rings. The van der Waals surface area contributed by atoms with Gasteiger partial charge in [-0.15, -0.1) is 0 Å². The molecule has 1 heterocycles. The molecule has 1 aliphatic rings. The summed E-state index contributed by atoms with van der Waals surface area (Å²) in [6.45, 7) is 0. The molecule has 0 radical (unpaired) electrons. The standard InChI is InChI=1S/C18H20F3N3O/c19-18(20,21)16-11-24(12-22-16)15(10-13-6-4-5-7-13)17(25)23-14-8-2-1-3-9-14/h1-3,8-9,11-13,15H,4-7,10H2,(H,23,25)/t15-/m0/s1. The Kier molecular flexibility index (Phi) is 5.11. The Labute approximate surface area is 144 Å². The highest BCUT2D eigenvalue weighted by Gasteiger charge is 2.35. The first-order chi connectivity index (χ1) is 11.9. The van der Waals surface area contributed by atoms with Gasteiger partial charge in [0, 0.05) is 11.9 Å². The molecule has 1 aliphatic carbocycles. The number of imidazole rings is 1. The minimum atomic E-state index is -4.51. The van der Waals surface area contributed by atoms with Crippen LogP contribution in [-0.2, 0) is 11.0 Å². The van der Waals surface area contributed by atoms with E-state index in [1.165, 1.54) is 4.57 Å². The van der Waals surface area contributed by atoms with E-state index in [0.717, 1.165) is 38.2 Å². The van der Waals surface area contributed by atoms with Crippen molar-refractivity contribution < 1.29 is 18.0 Å². The smallest absolute Gasteiger partial charge is 0.324 e. The van der Waals surface area contributed by atoms with Crippen molar-refractivity contribution in [3.05, 3.63) is 48.5 Å². The Morgan fingerprint density at radius 1 is 1.24 bits per heavy atom. The van der Waals surface area contributed by atoms with Gasteiger partial charge in [0.05, 0.1) is 6.33 Å². The van der Waals surface area contributed by atoms with Crippen LogP contribution in [0.2, 0.25) is 0 Å². The van der Waals surface area contributed by atoms with Gasteiger partial charge < -0.3 is 9.88 Å². The van der Waals surface area contributed by atoms with Crippen LogP contribution in [0.15, 0.2) is 42.9 Å². The predicted molar refractivity (Wildman–Crippen MR) is 87.9 cm³/mol. The Balaban J connectivity index is 1.81. The zero-order chi connectivity index (χ0) is 17.9. The number of aromatic nitrogens is 2. The van der Waals surface area contributed by atoms with Crippen LogP contribution >= 0.6 is 0 Å².